The molecule has 0 spiro atoms. The van der Waals surface area contributed by atoms with Crippen molar-refractivity contribution in [3.63, 3.8) is 0 Å². The van der Waals surface area contributed by atoms with Crippen LogP contribution in [0.2, 0.25) is 0 Å². The Balaban J connectivity index is 2.01. The van der Waals surface area contributed by atoms with Gasteiger partial charge in [0.15, 0.2) is 5.11 Å². The number of ether oxygens (including phenoxy) is 1. The van der Waals surface area contributed by atoms with Crippen LogP contribution in [0, 0.1) is 0 Å². The highest BCUT2D eigenvalue weighted by molar-refractivity contribution is 7.80. The zero-order valence-corrected chi connectivity index (χ0v) is 16.1. The Labute approximate surface area is 159 Å². The molecule has 1 fully saturated rings. The average molecular weight is 372 g/mol. The third-order valence-corrected chi connectivity index (χ3v) is 4.83. The van der Waals surface area contributed by atoms with Crippen molar-refractivity contribution in [1.82, 2.24) is 19.8 Å². The minimum absolute atomic E-state index is 0.108. The summed E-state index contributed by atoms with van der Waals surface area (Å²) in [6, 6.07) is 9.94. The first-order valence-corrected chi connectivity index (χ1v) is 9.24. The summed E-state index contributed by atoms with van der Waals surface area (Å²) in [7, 11) is 0. The van der Waals surface area contributed by atoms with Gasteiger partial charge in [-0.25, -0.2) is 0 Å². The molecule has 0 unspecified atom stereocenters. The maximum Gasteiger partial charge on any atom is 0.325 e. The van der Waals surface area contributed by atoms with Gasteiger partial charge in [-0.15, -0.1) is 0 Å². The van der Waals surface area contributed by atoms with Gasteiger partial charge < -0.3 is 19.5 Å². The van der Waals surface area contributed by atoms with Crippen molar-refractivity contribution in [2.24, 2.45) is 0 Å². The maximum absolute atomic E-state index is 12.1. The summed E-state index contributed by atoms with van der Waals surface area (Å²) < 4.78 is 7.35. The SMILES string of the molecule is CCOC(=O)CN1C(=S)N[C@H](c2ccccn2)[C@@H]1c1cccn1C(C)C. The molecule has 1 N–H and O–H groups in total. The number of aromatic nitrogens is 2. The number of carbonyl (C=O) groups is 1. The predicted molar refractivity (Wildman–Crippen MR) is 104 cm³/mol. The lowest BCUT2D eigenvalue weighted by atomic mass is 10.0. The molecule has 3 heterocycles. The molecule has 0 aromatic carbocycles. The summed E-state index contributed by atoms with van der Waals surface area (Å²) in [5.74, 6) is -0.286. The zero-order valence-electron chi connectivity index (χ0n) is 15.3. The van der Waals surface area contributed by atoms with Crippen LogP contribution in [-0.2, 0) is 9.53 Å². The van der Waals surface area contributed by atoms with Gasteiger partial charge in [0.2, 0.25) is 0 Å². The van der Waals surface area contributed by atoms with E-state index in [9.17, 15) is 4.79 Å². The Bertz CT molecular complexity index is 775. The molecule has 0 saturated carbocycles. The highest BCUT2D eigenvalue weighted by atomic mass is 32.1. The summed E-state index contributed by atoms with van der Waals surface area (Å²) in [5, 5.41) is 3.88. The van der Waals surface area contributed by atoms with Crippen LogP contribution in [0.5, 0.6) is 0 Å². The normalized spacial score (nSPS) is 19.7. The standard InChI is InChI=1S/C19H24N4O2S/c1-4-25-16(24)12-23-18(15-9-7-11-22(15)13(2)3)17(21-19(23)26)14-8-5-6-10-20-14/h5-11,13,17-18H,4,12H2,1-3H3,(H,21,26)/t17-,18+/m1/s1. The van der Waals surface area contributed by atoms with E-state index in [1.54, 1.807) is 13.1 Å². The van der Waals surface area contributed by atoms with E-state index in [0.29, 0.717) is 17.8 Å². The minimum Gasteiger partial charge on any atom is -0.465 e. The highest BCUT2D eigenvalue weighted by Gasteiger charge is 2.42. The number of hydrogen-bond donors (Lipinski definition) is 1. The van der Waals surface area contributed by atoms with E-state index in [2.05, 4.69) is 41.0 Å². The van der Waals surface area contributed by atoms with Crippen molar-refractivity contribution >= 4 is 23.3 Å². The molecule has 7 heteroatoms. The van der Waals surface area contributed by atoms with E-state index >= 15 is 0 Å². The molecule has 3 rings (SSSR count). The predicted octanol–water partition coefficient (Wildman–Crippen LogP) is 3.00. The van der Waals surface area contributed by atoms with Gasteiger partial charge in [-0.2, -0.15) is 0 Å². The Kier molecular flexibility index (Phi) is 5.56. The first kappa shape index (κ1) is 18.4. The number of pyridine rings is 1. The second-order valence-corrected chi connectivity index (χ2v) is 6.88. The highest BCUT2D eigenvalue weighted by Crippen LogP contribution is 2.39. The van der Waals surface area contributed by atoms with Crippen LogP contribution >= 0.6 is 12.2 Å². The fourth-order valence-electron chi connectivity index (χ4n) is 3.37. The molecule has 1 saturated heterocycles. The average Bonchev–Trinajstić information content (AvgIpc) is 3.21. The lowest BCUT2D eigenvalue weighted by molar-refractivity contribution is -0.143. The van der Waals surface area contributed by atoms with E-state index in [-0.39, 0.29) is 24.6 Å². The second-order valence-electron chi connectivity index (χ2n) is 6.49. The largest absolute Gasteiger partial charge is 0.465 e. The summed E-state index contributed by atoms with van der Waals surface area (Å²) in [4.78, 5) is 18.6. The van der Waals surface area contributed by atoms with Gasteiger partial charge in [0.25, 0.3) is 0 Å². The Hall–Kier alpha value is -2.41. The maximum atomic E-state index is 12.1. The van der Waals surface area contributed by atoms with Gasteiger partial charge in [-0.1, -0.05) is 6.07 Å². The molecule has 0 radical (unpaired) electrons. The van der Waals surface area contributed by atoms with E-state index in [1.807, 2.05) is 29.2 Å². The number of hydrogen-bond acceptors (Lipinski definition) is 4. The van der Waals surface area contributed by atoms with Gasteiger partial charge in [-0.3, -0.25) is 9.78 Å². The van der Waals surface area contributed by atoms with Gasteiger partial charge in [-0.05, 0) is 57.3 Å². The van der Waals surface area contributed by atoms with E-state index < -0.39 is 0 Å². The van der Waals surface area contributed by atoms with Gasteiger partial charge in [0.1, 0.15) is 6.54 Å². The Morgan fingerprint density at radius 1 is 1.35 bits per heavy atom. The quantitative estimate of drug-likeness (QED) is 0.621. The second kappa shape index (κ2) is 7.86. The van der Waals surface area contributed by atoms with Crippen molar-refractivity contribution in [2.45, 2.75) is 38.9 Å². The van der Waals surface area contributed by atoms with Crippen molar-refractivity contribution < 1.29 is 9.53 Å². The smallest absolute Gasteiger partial charge is 0.325 e. The lowest BCUT2D eigenvalue weighted by Crippen LogP contribution is -2.36. The molecular weight excluding hydrogens is 348 g/mol. The summed E-state index contributed by atoms with van der Waals surface area (Å²) in [5.41, 5.74) is 1.98. The number of rotatable bonds is 6. The van der Waals surface area contributed by atoms with Crippen molar-refractivity contribution in [1.29, 1.82) is 0 Å². The molecule has 2 aromatic heterocycles. The Morgan fingerprint density at radius 3 is 2.81 bits per heavy atom. The van der Waals surface area contributed by atoms with Crippen LogP contribution in [0.4, 0.5) is 0 Å². The molecule has 6 nitrogen and oxygen atoms in total. The van der Waals surface area contributed by atoms with Gasteiger partial charge in [0, 0.05) is 24.1 Å². The molecule has 0 aliphatic carbocycles. The molecule has 2 atom stereocenters. The van der Waals surface area contributed by atoms with Crippen molar-refractivity contribution in [3.05, 3.63) is 54.1 Å². The lowest BCUT2D eigenvalue weighted by Gasteiger charge is -2.29. The fraction of sp³-hybridized carbons (Fsp3) is 0.421. The van der Waals surface area contributed by atoms with Gasteiger partial charge in [0.05, 0.1) is 24.4 Å². The molecule has 0 bridgehead atoms. The summed E-state index contributed by atoms with van der Waals surface area (Å²) in [6.45, 7) is 6.53. The van der Waals surface area contributed by atoms with Crippen LogP contribution < -0.4 is 5.32 Å². The third kappa shape index (κ3) is 3.58. The Morgan fingerprint density at radius 2 is 2.15 bits per heavy atom. The van der Waals surface area contributed by atoms with Gasteiger partial charge >= 0.3 is 5.97 Å². The molecule has 26 heavy (non-hydrogen) atoms. The van der Waals surface area contributed by atoms with Crippen LogP contribution in [0.1, 0.15) is 50.3 Å². The topological polar surface area (TPSA) is 59.4 Å². The molecule has 0 amide bonds. The number of nitrogens with zero attached hydrogens (tertiary/aromatic N) is 3. The molecule has 2 aromatic rings. The molecule has 1 aliphatic heterocycles. The molecule has 138 valence electrons. The summed E-state index contributed by atoms with van der Waals surface area (Å²) in [6.07, 6.45) is 3.83. The number of carbonyl (C=O) groups excluding carboxylic acids is 1. The number of nitrogens with one attached hydrogen (secondary N) is 1. The van der Waals surface area contributed by atoms with E-state index in [4.69, 9.17) is 17.0 Å². The number of thiocarbonyl (C=S) groups is 1. The van der Waals surface area contributed by atoms with Crippen LogP contribution in [0.15, 0.2) is 42.7 Å². The molecular formula is C19H24N4O2S. The first-order chi connectivity index (χ1) is 12.5. The fourth-order valence-corrected chi connectivity index (χ4v) is 3.68. The van der Waals surface area contributed by atoms with Crippen molar-refractivity contribution in [3.8, 4) is 0 Å². The summed E-state index contributed by atoms with van der Waals surface area (Å²) >= 11 is 5.55. The minimum atomic E-state index is -0.286. The van der Waals surface area contributed by atoms with Crippen LogP contribution in [-0.4, -0.2) is 38.7 Å². The van der Waals surface area contributed by atoms with E-state index in [0.717, 1.165) is 11.4 Å². The third-order valence-electron chi connectivity index (χ3n) is 4.47. The first-order valence-electron chi connectivity index (χ1n) is 8.83. The van der Waals surface area contributed by atoms with E-state index in [1.165, 1.54) is 0 Å². The molecule has 1 aliphatic rings. The van der Waals surface area contributed by atoms with Crippen LogP contribution in [0.25, 0.3) is 0 Å². The zero-order chi connectivity index (χ0) is 18.7. The van der Waals surface area contributed by atoms with Crippen LogP contribution in [0.3, 0.4) is 0 Å². The van der Waals surface area contributed by atoms with Crippen molar-refractivity contribution in [2.75, 3.05) is 13.2 Å². The monoisotopic (exact) mass is 372 g/mol. The number of esters is 1.